The summed E-state index contributed by atoms with van der Waals surface area (Å²) in [6.45, 7) is 4.19. The predicted octanol–water partition coefficient (Wildman–Crippen LogP) is 6.94. The van der Waals surface area contributed by atoms with Crippen LogP contribution in [0.15, 0.2) is 115 Å². The number of allylic oxidation sites excluding steroid dienone is 4. The zero-order chi connectivity index (χ0) is 19.2. The van der Waals surface area contributed by atoms with Crippen molar-refractivity contribution in [1.29, 1.82) is 0 Å². The van der Waals surface area contributed by atoms with Gasteiger partial charge in [-0.05, 0) is 43.6 Å². The van der Waals surface area contributed by atoms with Crippen LogP contribution < -0.4 is 15.9 Å². The van der Waals surface area contributed by atoms with E-state index in [-0.39, 0.29) is 17.0 Å². The summed E-state index contributed by atoms with van der Waals surface area (Å²) in [5.74, 6) is 0. The molecule has 0 fully saturated rings. The molecule has 0 amide bonds. The third-order valence-corrected chi connectivity index (χ3v) is 6.40. The number of benzene rings is 3. The molecule has 2 heteroatoms. The molecule has 0 spiro atoms. The molecular formula is C26H30BrP. The third kappa shape index (κ3) is 8.38. The summed E-state index contributed by atoms with van der Waals surface area (Å²) >= 11 is 0. The van der Waals surface area contributed by atoms with E-state index in [9.17, 15) is 0 Å². The maximum atomic E-state index is 2.23. The lowest BCUT2D eigenvalue weighted by Gasteiger charge is -2.18. The van der Waals surface area contributed by atoms with Crippen molar-refractivity contribution in [3.05, 3.63) is 115 Å². The third-order valence-electron chi connectivity index (χ3n) is 3.95. The van der Waals surface area contributed by atoms with E-state index in [1.165, 1.54) is 15.9 Å². The van der Waals surface area contributed by atoms with E-state index in [0.717, 1.165) is 12.8 Å². The minimum Gasteiger partial charge on any atom is -0.114 e. The van der Waals surface area contributed by atoms with Crippen molar-refractivity contribution >= 4 is 40.8 Å². The lowest BCUT2D eigenvalue weighted by molar-refractivity contribution is 1.20. The van der Waals surface area contributed by atoms with Gasteiger partial charge in [0.25, 0.3) is 0 Å². The molecule has 0 atom stereocenters. The van der Waals surface area contributed by atoms with Gasteiger partial charge in [0.1, 0.15) is 0 Å². The van der Waals surface area contributed by atoms with Crippen LogP contribution in [-0.2, 0) is 0 Å². The van der Waals surface area contributed by atoms with Crippen LogP contribution in [0.1, 0.15) is 26.7 Å². The molecule has 28 heavy (non-hydrogen) atoms. The molecule has 0 heterocycles. The highest BCUT2D eigenvalue weighted by molar-refractivity contribution is 8.93. The highest BCUT2D eigenvalue weighted by atomic mass is 79.9. The average Bonchev–Trinajstić information content (AvgIpc) is 2.74. The van der Waals surface area contributed by atoms with Gasteiger partial charge in [-0.25, -0.2) is 0 Å². The Labute approximate surface area is 182 Å². The van der Waals surface area contributed by atoms with Gasteiger partial charge < -0.3 is 0 Å². The summed E-state index contributed by atoms with van der Waals surface area (Å²) in [6, 6.07) is 32.3. The highest BCUT2D eigenvalue weighted by Gasteiger charge is 2.14. The van der Waals surface area contributed by atoms with Crippen molar-refractivity contribution in [2.24, 2.45) is 0 Å². The molecule has 0 saturated carbocycles. The minimum atomic E-state index is -0.446. The van der Waals surface area contributed by atoms with Gasteiger partial charge in [0, 0.05) is 0 Å². The summed E-state index contributed by atoms with van der Waals surface area (Å²) in [7, 11) is -0.446. The Morgan fingerprint density at radius 1 is 0.607 bits per heavy atom. The number of hydrogen-bond donors (Lipinski definition) is 0. The van der Waals surface area contributed by atoms with E-state index in [4.69, 9.17) is 0 Å². The van der Waals surface area contributed by atoms with Crippen LogP contribution in [0.3, 0.4) is 0 Å². The Bertz CT molecular complexity index is 702. The lowest BCUT2D eigenvalue weighted by Crippen LogP contribution is -2.20. The fraction of sp³-hybridized carbons (Fsp3) is 0.154. The van der Waals surface area contributed by atoms with E-state index in [2.05, 4.69) is 122 Å². The van der Waals surface area contributed by atoms with Crippen LogP contribution in [0.5, 0.6) is 0 Å². The number of rotatable bonds is 6. The summed E-state index contributed by atoms with van der Waals surface area (Å²) < 4.78 is 0. The van der Waals surface area contributed by atoms with E-state index in [1.807, 2.05) is 6.92 Å². The van der Waals surface area contributed by atoms with Crippen LogP contribution in [0.2, 0.25) is 0 Å². The first kappa shape index (κ1) is 24.1. The molecule has 0 aliphatic heterocycles. The molecule has 0 nitrogen and oxygen atoms in total. The lowest BCUT2D eigenvalue weighted by atomic mass is 10.3. The topological polar surface area (TPSA) is 0 Å². The smallest absolute Gasteiger partial charge is 0.0134 e. The zero-order valence-corrected chi connectivity index (χ0v) is 19.3. The zero-order valence-electron chi connectivity index (χ0n) is 16.7. The molecule has 0 aliphatic rings. The van der Waals surface area contributed by atoms with Gasteiger partial charge in [-0.15, -0.1) is 17.0 Å². The van der Waals surface area contributed by atoms with Crippen LogP contribution in [0, 0.1) is 0 Å². The maximum absolute atomic E-state index is 2.23. The van der Waals surface area contributed by atoms with E-state index < -0.39 is 7.92 Å². The molecule has 0 bridgehead atoms. The first-order valence-electron chi connectivity index (χ1n) is 9.58. The van der Waals surface area contributed by atoms with E-state index >= 15 is 0 Å². The Morgan fingerprint density at radius 3 is 1.32 bits per heavy atom. The largest absolute Gasteiger partial charge is 0.114 e. The SMILES string of the molecule is Br.C/C=C/C/C=C\CC.c1ccc(P(c2ccccc2)c2ccccc2)cc1. The average molecular weight is 453 g/mol. The molecular weight excluding hydrogens is 423 g/mol. The predicted molar refractivity (Wildman–Crippen MR) is 134 cm³/mol. The molecule has 3 aromatic rings. The first-order valence-corrected chi connectivity index (χ1v) is 10.9. The summed E-state index contributed by atoms with van der Waals surface area (Å²) in [5, 5.41) is 4.19. The monoisotopic (exact) mass is 452 g/mol. The van der Waals surface area contributed by atoms with Crippen LogP contribution in [-0.4, -0.2) is 0 Å². The second kappa shape index (κ2) is 15.0. The highest BCUT2D eigenvalue weighted by Crippen LogP contribution is 2.32. The van der Waals surface area contributed by atoms with Crippen molar-refractivity contribution in [3.63, 3.8) is 0 Å². The van der Waals surface area contributed by atoms with Gasteiger partial charge >= 0.3 is 0 Å². The van der Waals surface area contributed by atoms with Crippen molar-refractivity contribution in [2.45, 2.75) is 26.7 Å². The van der Waals surface area contributed by atoms with Crippen LogP contribution in [0.4, 0.5) is 0 Å². The molecule has 3 aromatic carbocycles. The summed E-state index contributed by atoms with van der Waals surface area (Å²) in [4.78, 5) is 0. The van der Waals surface area contributed by atoms with Gasteiger partial charge in [0.05, 0.1) is 0 Å². The summed E-state index contributed by atoms with van der Waals surface area (Å²) in [6.07, 6.45) is 10.8. The molecule has 0 saturated heterocycles. The maximum Gasteiger partial charge on any atom is -0.0134 e. The van der Waals surface area contributed by atoms with Gasteiger partial charge in [-0.1, -0.05) is 122 Å². The van der Waals surface area contributed by atoms with Gasteiger partial charge in [0.15, 0.2) is 0 Å². The molecule has 0 aliphatic carbocycles. The van der Waals surface area contributed by atoms with Crippen molar-refractivity contribution in [1.82, 2.24) is 0 Å². The van der Waals surface area contributed by atoms with Gasteiger partial charge in [-0.2, -0.15) is 0 Å². The fourth-order valence-corrected chi connectivity index (χ4v) is 4.96. The Morgan fingerprint density at radius 2 is 1.00 bits per heavy atom. The van der Waals surface area contributed by atoms with Crippen molar-refractivity contribution < 1.29 is 0 Å². The van der Waals surface area contributed by atoms with Crippen LogP contribution in [0.25, 0.3) is 0 Å². The van der Waals surface area contributed by atoms with Crippen molar-refractivity contribution in [3.8, 4) is 0 Å². The second-order valence-electron chi connectivity index (χ2n) is 6.03. The molecule has 146 valence electrons. The number of hydrogen-bond acceptors (Lipinski definition) is 0. The first-order chi connectivity index (χ1) is 13.4. The quantitative estimate of drug-likeness (QED) is 0.280. The normalized spacial score (nSPS) is 10.5. The van der Waals surface area contributed by atoms with E-state index in [1.54, 1.807) is 0 Å². The molecule has 0 radical (unpaired) electrons. The minimum absolute atomic E-state index is 0. The van der Waals surface area contributed by atoms with Gasteiger partial charge in [0.2, 0.25) is 0 Å². The van der Waals surface area contributed by atoms with Gasteiger partial charge in [-0.3, -0.25) is 0 Å². The Hall–Kier alpha value is -1.95. The Kier molecular flexibility index (Phi) is 12.9. The standard InChI is InChI=1S/C18H15P.C8H14.BrH/c1-4-10-16(11-5-1)19(17-12-6-2-7-13-17)18-14-8-3-9-15-18;1-3-5-7-8-6-4-2;/h1-15H;3,5-6,8H,4,7H2,1-2H3;1H/b;5-3+,8-6-;. The molecule has 0 unspecified atom stereocenters. The Balaban J connectivity index is 0.000000376. The fourth-order valence-electron chi connectivity index (χ4n) is 2.66. The number of halogens is 1. The second-order valence-corrected chi connectivity index (χ2v) is 8.25. The summed E-state index contributed by atoms with van der Waals surface area (Å²) in [5.41, 5.74) is 0. The van der Waals surface area contributed by atoms with Crippen molar-refractivity contribution in [2.75, 3.05) is 0 Å². The van der Waals surface area contributed by atoms with Crippen LogP contribution >= 0.6 is 24.9 Å². The molecule has 0 N–H and O–H groups in total. The molecule has 3 rings (SSSR count). The molecule has 0 aromatic heterocycles. The van der Waals surface area contributed by atoms with E-state index in [0.29, 0.717) is 0 Å².